The van der Waals surface area contributed by atoms with E-state index in [0.29, 0.717) is 0 Å². The molecular formula is C14H36. The second-order valence-corrected chi connectivity index (χ2v) is 1.36. The Morgan fingerprint density at radius 2 is 1.00 bits per heavy atom. The van der Waals surface area contributed by atoms with Crippen molar-refractivity contribution in [2.24, 2.45) is 0 Å². The zero-order valence-corrected chi connectivity index (χ0v) is 12.6. The van der Waals surface area contributed by atoms with E-state index in [1.54, 1.807) is 0 Å². The molecule has 0 saturated heterocycles. The maximum Gasteiger partial charge on any atom is -0.0353 e. The number of allylic oxidation sites excluding steroid dienone is 2. The van der Waals surface area contributed by atoms with Crippen LogP contribution in [-0.4, -0.2) is 0 Å². The second kappa shape index (κ2) is 126. The summed E-state index contributed by atoms with van der Waals surface area (Å²) in [6, 6.07) is 0. The zero-order valence-electron chi connectivity index (χ0n) is 12.6. The van der Waals surface area contributed by atoms with Gasteiger partial charge in [-0.25, -0.2) is 0 Å². The van der Waals surface area contributed by atoms with Crippen LogP contribution in [0.5, 0.6) is 0 Å². The number of rotatable bonds is 2. The second-order valence-electron chi connectivity index (χ2n) is 1.36. The van der Waals surface area contributed by atoms with Gasteiger partial charge in [-0.05, 0) is 13.3 Å². The van der Waals surface area contributed by atoms with Gasteiger partial charge in [0.15, 0.2) is 0 Å². The molecule has 0 fully saturated rings. The summed E-state index contributed by atoms with van der Waals surface area (Å²) in [4.78, 5) is 0. The molecule has 0 spiro atoms. The summed E-state index contributed by atoms with van der Waals surface area (Å²) in [6.45, 7) is 20.2. The van der Waals surface area contributed by atoms with Crippen molar-refractivity contribution in [2.75, 3.05) is 0 Å². The minimum absolute atomic E-state index is 1.23. The lowest BCUT2D eigenvalue weighted by Gasteiger charge is -1.76. The first kappa shape index (κ1) is 29.2. The van der Waals surface area contributed by atoms with E-state index in [1.165, 1.54) is 12.8 Å². The summed E-state index contributed by atoms with van der Waals surface area (Å²) < 4.78 is 0. The van der Waals surface area contributed by atoms with E-state index < -0.39 is 0 Å². The molecule has 0 atom stereocenters. The molecule has 0 bridgehead atoms. The highest BCUT2D eigenvalue weighted by Crippen LogP contribution is 1.85. The molecule has 14 heavy (non-hydrogen) atoms. The lowest BCUT2D eigenvalue weighted by Crippen LogP contribution is -1.55. The Hall–Kier alpha value is -0.260. The van der Waals surface area contributed by atoms with Gasteiger partial charge in [0, 0.05) is 0 Å². The molecule has 0 aromatic heterocycles. The third kappa shape index (κ3) is 180. The topological polar surface area (TPSA) is 0 Å². The Bertz CT molecular complexity index is 35.3. The Morgan fingerprint density at radius 3 is 1.07 bits per heavy atom. The van der Waals surface area contributed by atoms with Crippen LogP contribution < -0.4 is 0 Å². The molecule has 0 unspecified atom stereocenters. The maximum absolute atomic E-state index is 2.18. The first-order valence-electron chi connectivity index (χ1n) is 6.53. The molecular weight excluding hydrogens is 168 g/mol. The average molecular weight is 204 g/mol. The van der Waals surface area contributed by atoms with Crippen LogP contribution in [0.1, 0.15) is 82.1 Å². The SMILES string of the molecule is C/C=C\CCC.CC.CC.CC.CC. The molecule has 0 radical (unpaired) electrons. The molecule has 0 aliphatic heterocycles. The molecule has 0 N–H and O–H groups in total. The van der Waals surface area contributed by atoms with Crippen molar-refractivity contribution in [3.05, 3.63) is 12.2 Å². The first-order chi connectivity index (χ1) is 6.91. The van der Waals surface area contributed by atoms with Gasteiger partial charge in [0.25, 0.3) is 0 Å². The van der Waals surface area contributed by atoms with E-state index in [1.807, 2.05) is 55.4 Å². The van der Waals surface area contributed by atoms with Gasteiger partial charge in [-0.3, -0.25) is 0 Å². The number of hydrogen-bond acceptors (Lipinski definition) is 0. The van der Waals surface area contributed by atoms with Crippen molar-refractivity contribution in [2.45, 2.75) is 82.1 Å². The average Bonchev–Trinajstić information content (AvgIpc) is 2.36. The van der Waals surface area contributed by atoms with Gasteiger partial charge in [-0.1, -0.05) is 80.9 Å². The Kier molecular flexibility index (Phi) is 262. The quantitative estimate of drug-likeness (QED) is 0.452. The summed E-state index contributed by atoms with van der Waals surface area (Å²) in [5.41, 5.74) is 0. The lowest BCUT2D eigenvalue weighted by molar-refractivity contribution is 0.957. The lowest BCUT2D eigenvalue weighted by atomic mass is 10.3. The Balaban J connectivity index is -0.0000000287. The molecule has 92 valence electrons. The maximum atomic E-state index is 2.18. The van der Waals surface area contributed by atoms with Crippen LogP contribution in [0.4, 0.5) is 0 Å². The fourth-order valence-electron chi connectivity index (χ4n) is 0.333. The van der Waals surface area contributed by atoms with E-state index in [9.17, 15) is 0 Å². The van der Waals surface area contributed by atoms with E-state index in [4.69, 9.17) is 0 Å². The van der Waals surface area contributed by atoms with Gasteiger partial charge < -0.3 is 0 Å². The fourth-order valence-corrected chi connectivity index (χ4v) is 0.333. The highest BCUT2D eigenvalue weighted by molar-refractivity contribution is 4.75. The largest absolute Gasteiger partial charge is 0.0917 e. The number of hydrogen-bond donors (Lipinski definition) is 0. The summed E-state index contributed by atoms with van der Waals surface area (Å²) in [6.07, 6.45) is 6.77. The third-order valence-electron chi connectivity index (χ3n) is 0.691. The normalized spacial score (nSPS) is 6.14. The van der Waals surface area contributed by atoms with Gasteiger partial charge in [0.1, 0.15) is 0 Å². The van der Waals surface area contributed by atoms with E-state index in [2.05, 4.69) is 26.0 Å². The molecule has 0 aromatic carbocycles. The summed E-state index contributed by atoms with van der Waals surface area (Å²) in [5.74, 6) is 0. The molecule has 0 aliphatic carbocycles. The summed E-state index contributed by atoms with van der Waals surface area (Å²) in [5, 5.41) is 0. The van der Waals surface area contributed by atoms with E-state index >= 15 is 0 Å². The standard InChI is InChI=1S/C6H12.4C2H6/c1-3-5-6-4-2;4*1-2/h3,5H,4,6H2,1-2H3;4*1-2H3/b5-3-;;;;. The molecule has 0 amide bonds. The molecule has 0 nitrogen and oxygen atoms in total. The van der Waals surface area contributed by atoms with Gasteiger partial charge in [0.05, 0.1) is 0 Å². The highest BCUT2D eigenvalue weighted by atomic mass is 13.7. The van der Waals surface area contributed by atoms with Crippen LogP contribution in [-0.2, 0) is 0 Å². The molecule has 0 rings (SSSR count). The van der Waals surface area contributed by atoms with Crippen LogP contribution >= 0.6 is 0 Å². The number of unbranched alkanes of at least 4 members (excludes halogenated alkanes) is 1. The summed E-state index contributed by atoms with van der Waals surface area (Å²) in [7, 11) is 0. The van der Waals surface area contributed by atoms with Crippen LogP contribution in [0, 0.1) is 0 Å². The van der Waals surface area contributed by atoms with E-state index in [0.717, 1.165) is 0 Å². The Labute approximate surface area is 94.8 Å². The van der Waals surface area contributed by atoms with Gasteiger partial charge in [0.2, 0.25) is 0 Å². The van der Waals surface area contributed by atoms with Gasteiger partial charge in [-0.2, -0.15) is 0 Å². The monoisotopic (exact) mass is 204 g/mol. The van der Waals surface area contributed by atoms with Crippen molar-refractivity contribution >= 4 is 0 Å². The predicted molar refractivity (Wildman–Crippen MR) is 75.1 cm³/mol. The predicted octanol–water partition coefficient (Wildman–Crippen LogP) is 6.47. The molecule has 0 heteroatoms. The minimum atomic E-state index is 1.23. The van der Waals surface area contributed by atoms with Crippen molar-refractivity contribution in [3.63, 3.8) is 0 Å². The molecule has 0 saturated carbocycles. The molecule has 0 aromatic rings. The van der Waals surface area contributed by atoms with Crippen LogP contribution in [0.15, 0.2) is 12.2 Å². The van der Waals surface area contributed by atoms with Gasteiger partial charge in [-0.15, -0.1) is 0 Å². The zero-order chi connectivity index (χ0) is 12.8. The van der Waals surface area contributed by atoms with Crippen molar-refractivity contribution < 1.29 is 0 Å². The van der Waals surface area contributed by atoms with Crippen LogP contribution in [0.2, 0.25) is 0 Å². The smallest absolute Gasteiger partial charge is 0.0353 e. The Morgan fingerprint density at radius 1 is 0.714 bits per heavy atom. The first-order valence-corrected chi connectivity index (χ1v) is 6.53. The van der Waals surface area contributed by atoms with Gasteiger partial charge >= 0.3 is 0 Å². The van der Waals surface area contributed by atoms with Crippen molar-refractivity contribution in [1.29, 1.82) is 0 Å². The highest BCUT2D eigenvalue weighted by Gasteiger charge is 1.64. The minimum Gasteiger partial charge on any atom is -0.0917 e. The fraction of sp³-hybridized carbons (Fsp3) is 0.857. The molecule has 0 heterocycles. The van der Waals surface area contributed by atoms with Crippen LogP contribution in [0.3, 0.4) is 0 Å². The summed E-state index contributed by atoms with van der Waals surface area (Å²) >= 11 is 0. The van der Waals surface area contributed by atoms with Crippen LogP contribution in [0.25, 0.3) is 0 Å². The van der Waals surface area contributed by atoms with E-state index in [-0.39, 0.29) is 0 Å². The van der Waals surface area contributed by atoms with Crippen molar-refractivity contribution in [3.8, 4) is 0 Å². The molecule has 0 aliphatic rings. The van der Waals surface area contributed by atoms with Crippen molar-refractivity contribution in [1.82, 2.24) is 0 Å². The third-order valence-corrected chi connectivity index (χ3v) is 0.691.